The van der Waals surface area contributed by atoms with E-state index in [-0.39, 0.29) is 40.0 Å². The number of benzene rings is 2. The maximum atomic E-state index is 13.2. The highest BCUT2D eigenvalue weighted by atomic mass is 32.2. The van der Waals surface area contributed by atoms with Crippen molar-refractivity contribution in [1.29, 1.82) is 0 Å². The number of carbonyl (C=O) groups excluding carboxylic acids is 2. The van der Waals surface area contributed by atoms with Crippen molar-refractivity contribution in [2.75, 3.05) is 19.6 Å². The number of hydrogen-bond acceptors (Lipinski definition) is 4. The fraction of sp³-hybridized carbons (Fsp3) is 0.448. The van der Waals surface area contributed by atoms with Crippen LogP contribution in [0.5, 0.6) is 0 Å². The maximum absolute atomic E-state index is 13.2. The molecule has 0 spiro atoms. The van der Waals surface area contributed by atoms with Gasteiger partial charge in [-0.05, 0) is 78.0 Å². The van der Waals surface area contributed by atoms with E-state index in [2.05, 4.69) is 62.2 Å². The lowest BCUT2D eigenvalue weighted by Crippen LogP contribution is -2.35. The van der Waals surface area contributed by atoms with Crippen molar-refractivity contribution in [3.8, 4) is 0 Å². The van der Waals surface area contributed by atoms with Crippen molar-refractivity contribution < 1.29 is 18.0 Å². The molecule has 8 heteroatoms. The molecule has 2 N–H and O–H groups in total. The van der Waals surface area contributed by atoms with E-state index in [4.69, 9.17) is 0 Å². The van der Waals surface area contributed by atoms with E-state index in [1.54, 1.807) is 12.1 Å². The molecule has 7 nitrogen and oxygen atoms in total. The molecule has 1 aliphatic heterocycles. The van der Waals surface area contributed by atoms with Gasteiger partial charge in [-0.25, -0.2) is 8.42 Å². The van der Waals surface area contributed by atoms with Gasteiger partial charge in [0.15, 0.2) is 0 Å². The van der Waals surface area contributed by atoms with E-state index in [1.165, 1.54) is 28.1 Å². The third-order valence-electron chi connectivity index (χ3n) is 7.52. The number of nitrogens with one attached hydrogen (secondary N) is 2. The molecule has 2 fully saturated rings. The van der Waals surface area contributed by atoms with Gasteiger partial charge >= 0.3 is 0 Å². The zero-order valence-electron chi connectivity index (χ0n) is 21.9. The van der Waals surface area contributed by atoms with Gasteiger partial charge in [0, 0.05) is 31.2 Å². The molecule has 1 saturated carbocycles. The molecule has 0 aromatic heterocycles. The molecule has 0 radical (unpaired) electrons. The van der Waals surface area contributed by atoms with Gasteiger partial charge in [0.05, 0.1) is 4.90 Å². The monoisotopic (exact) mass is 523 g/mol. The van der Waals surface area contributed by atoms with Gasteiger partial charge < -0.3 is 10.6 Å². The van der Waals surface area contributed by atoms with E-state index in [0.29, 0.717) is 25.2 Å². The first kappa shape index (κ1) is 27.1. The minimum absolute atomic E-state index is 0.0750. The molecule has 2 atom stereocenters. The largest absolute Gasteiger partial charge is 0.352 e. The molecule has 1 aliphatic carbocycles. The van der Waals surface area contributed by atoms with Crippen LogP contribution in [0.15, 0.2) is 66.1 Å². The van der Waals surface area contributed by atoms with Crippen LogP contribution in [0.1, 0.15) is 55.1 Å². The van der Waals surface area contributed by atoms with Crippen LogP contribution in [-0.2, 0) is 26.7 Å². The van der Waals surface area contributed by atoms with Crippen molar-refractivity contribution in [3.63, 3.8) is 0 Å². The number of rotatable bonds is 8. The van der Waals surface area contributed by atoms with Crippen molar-refractivity contribution in [2.24, 2.45) is 11.8 Å². The zero-order chi connectivity index (χ0) is 26.8. The second-order valence-corrected chi connectivity index (χ2v) is 13.1. The average Bonchev–Trinajstić information content (AvgIpc) is 3.43. The summed E-state index contributed by atoms with van der Waals surface area (Å²) in [5.74, 6) is 0.0612. The molecule has 37 heavy (non-hydrogen) atoms. The highest BCUT2D eigenvalue weighted by Gasteiger charge is 2.45. The summed E-state index contributed by atoms with van der Waals surface area (Å²) in [6.07, 6.45) is 3.53. The number of amides is 2. The lowest BCUT2D eigenvalue weighted by atomic mass is 9.86. The molecule has 2 aromatic rings. The third-order valence-corrected chi connectivity index (χ3v) is 9.37. The Morgan fingerprint density at radius 2 is 1.59 bits per heavy atom. The van der Waals surface area contributed by atoms with Crippen molar-refractivity contribution in [1.82, 2.24) is 14.9 Å². The summed E-state index contributed by atoms with van der Waals surface area (Å²) in [5.41, 5.74) is 2.96. The van der Waals surface area contributed by atoms with Crippen molar-refractivity contribution >= 4 is 21.8 Å². The van der Waals surface area contributed by atoms with E-state index in [0.717, 1.165) is 24.8 Å². The van der Waals surface area contributed by atoms with Crippen molar-refractivity contribution in [3.05, 3.63) is 77.9 Å². The summed E-state index contributed by atoms with van der Waals surface area (Å²) in [5, 5.41) is 5.85. The van der Waals surface area contributed by atoms with Crippen LogP contribution in [0.4, 0.5) is 0 Å². The molecule has 198 valence electrons. The Labute approximate surface area is 220 Å². The van der Waals surface area contributed by atoms with Crippen LogP contribution < -0.4 is 10.6 Å². The minimum atomic E-state index is -3.64. The molecule has 0 bridgehead atoms. The Kier molecular flexibility index (Phi) is 7.90. The zero-order valence-corrected chi connectivity index (χ0v) is 22.7. The highest BCUT2D eigenvalue weighted by molar-refractivity contribution is 7.89. The van der Waals surface area contributed by atoms with Crippen LogP contribution in [-0.4, -0.2) is 50.2 Å². The first-order chi connectivity index (χ1) is 17.5. The second kappa shape index (κ2) is 10.8. The first-order valence-corrected chi connectivity index (χ1v) is 14.3. The van der Waals surface area contributed by atoms with Gasteiger partial charge in [-0.15, -0.1) is 0 Å². The van der Waals surface area contributed by atoms with Gasteiger partial charge in [0.25, 0.3) is 5.91 Å². The Morgan fingerprint density at radius 1 is 1.00 bits per heavy atom. The molecular formula is C29H37N3O4S. The summed E-state index contributed by atoms with van der Waals surface area (Å²) in [7, 11) is -3.64. The van der Waals surface area contributed by atoms with Gasteiger partial charge in [0.1, 0.15) is 0 Å². The van der Waals surface area contributed by atoms with Crippen LogP contribution in [0.2, 0.25) is 0 Å². The Bertz CT molecular complexity index is 1230. The third kappa shape index (κ3) is 6.30. The van der Waals surface area contributed by atoms with E-state index >= 15 is 0 Å². The lowest BCUT2D eigenvalue weighted by Gasteiger charge is -2.19. The van der Waals surface area contributed by atoms with Crippen LogP contribution in [0, 0.1) is 11.8 Å². The number of nitrogens with zero attached hydrogens (tertiary/aromatic N) is 1. The SMILES string of the molecule is C=CC(=O)NC1CC2CN(S(=O)(=O)c3ccc(C(=O)NCCc4ccc(C(C)(C)C)cc4)cc3)CC2C1. The van der Waals surface area contributed by atoms with E-state index < -0.39 is 10.0 Å². The number of carbonyl (C=O) groups is 2. The first-order valence-electron chi connectivity index (χ1n) is 12.9. The van der Waals surface area contributed by atoms with E-state index in [1.807, 2.05) is 0 Å². The quantitative estimate of drug-likeness (QED) is 0.517. The summed E-state index contributed by atoms with van der Waals surface area (Å²) < 4.78 is 28.0. The smallest absolute Gasteiger partial charge is 0.251 e. The Morgan fingerprint density at radius 3 is 2.14 bits per heavy atom. The van der Waals surface area contributed by atoms with Gasteiger partial charge in [0.2, 0.25) is 15.9 Å². The molecule has 4 rings (SSSR count). The minimum Gasteiger partial charge on any atom is -0.352 e. The molecule has 2 amide bonds. The summed E-state index contributed by atoms with van der Waals surface area (Å²) in [6, 6.07) is 14.7. The predicted molar refractivity (Wildman–Crippen MR) is 145 cm³/mol. The molecule has 2 aromatic carbocycles. The fourth-order valence-electron chi connectivity index (χ4n) is 5.35. The van der Waals surface area contributed by atoms with Crippen LogP contribution >= 0.6 is 0 Å². The van der Waals surface area contributed by atoms with Gasteiger partial charge in [-0.3, -0.25) is 9.59 Å². The average molecular weight is 524 g/mol. The summed E-state index contributed by atoms with van der Waals surface area (Å²) in [6.45, 7) is 11.4. The molecule has 2 unspecified atom stereocenters. The van der Waals surface area contributed by atoms with Crippen LogP contribution in [0.3, 0.4) is 0 Å². The lowest BCUT2D eigenvalue weighted by molar-refractivity contribution is -0.117. The van der Waals surface area contributed by atoms with Gasteiger partial charge in [-0.1, -0.05) is 51.6 Å². The summed E-state index contributed by atoms with van der Waals surface area (Å²) in [4.78, 5) is 24.4. The second-order valence-electron chi connectivity index (χ2n) is 11.2. The van der Waals surface area contributed by atoms with E-state index in [9.17, 15) is 18.0 Å². The Hall–Kier alpha value is -2.97. The predicted octanol–water partition coefficient (Wildman–Crippen LogP) is 3.66. The maximum Gasteiger partial charge on any atom is 0.251 e. The fourth-order valence-corrected chi connectivity index (χ4v) is 6.91. The number of hydrogen-bond donors (Lipinski definition) is 2. The summed E-state index contributed by atoms with van der Waals surface area (Å²) >= 11 is 0. The number of sulfonamides is 1. The normalized spacial score (nSPS) is 21.9. The standard InChI is InChI=1S/C29H37N3O4S/c1-5-27(33)31-25-16-22-18-32(19-23(22)17-25)37(35,36)26-12-8-21(9-13-26)28(34)30-15-14-20-6-10-24(11-7-20)29(2,3)4/h5-13,22-23,25H,1,14-19H2,2-4H3,(H,30,34)(H,31,33). The highest BCUT2D eigenvalue weighted by Crippen LogP contribution is 2.40. The Balaban J connectivity index is 1.28. The van der Waals surface area contributed by atoms with Crippen LogP contribution in [0.25, 0.3) is 0 Å². The van der Waals surface area contributed by atoms with Gasteiger partial charge in [-0.2, -0.15) is 4.31 Å². The molecule has 1 heterocycles. The number of fused-ring (bicyclic) bond motifs is 1. The molecular weight excluding hydrogens is 486 g/mol. The van der Waals surface area contributed by atoms with Crippen molar-refractivity contribution in [2.45, 2.75) is 56.4 Å². The topological polar surface area (TPSA) is 95.6 Å². The molecule has 2 aliphatic rings. The molecule has 1 saturated heterocycles.